The standard InChI is InChI=1S/C21H27BrN8O/c22-18-13-24-30-19(18)27-20(25-17-5-7-23-8-6-17)28-21(30)26-16-3-1-15(2-4-16)14-29-9-11-31-12-10-29/h1-4,13,17,23H,5-12,14H2,(H2,25,26,27,28). The Morgan fingerprint density at radius 2 is 1.87 bits per heavy atom. The van der Waals surface area contributed by atoms with Crippen LogP contribution in [0.25, 0.3) is 5.65 Å². The SMILES string of the molecule is Brc1cnn2c(Nc3ccc(CN4CCOCC4)cc3)nc(NC3CCNCC3)nc12. The van der Waals surface area contributed by atoms with Crippen LogP contribution in [0.2, 0.25) is 0 Å². The number of anilines is 3. The van der Waals surface area contributed by atoms with Gasteiger partial charge in [-0.2, -0.15) is 19.6 Å². The number of morpholine rings is 1. The van der Waals surface area contributed by atoms with Crippen LogP contribution in [0.3, 0.4) is 0 Å². The van der Waals surface area contributed by atoms with Gasteiger partial charge in [0.1, 0.15) is 0 Å². The monoisotopic (exact) mass is 486 g/mol. The van der Waals surface area contributed by atoms with E-state index in [9.17, 15) is 0 Å². The van der Waals surface area contributed by atoms with Gasteiger partial charge in [0.2, 0.25) is 11.9 Å². The maximum atomic E-state index is 5.43. The van der Waals surface area contributed by atoms with Crippen LogP contribution in [0, 0.1) is 0 Å². The molecule has 0 aliphatic carbocycles. The molecule has 2 fully saturated rings. The lowest BCUT2D eigenvalue weighted by Gasteiger charge is -2.26. The second kappa shape index (κ2) is 9.47. The van der Waals surface area contributed by atoms with Gasteiger partial charge in [-0.25, -0.2) is 0 Å². The van der Waals surface area contributed by atoms with Crippen molar-refractivity contribution in [1.82, 2.24) is 29.8 Å². The summed E-state index contributed by atoms with van der Waals surface area (Å²) in [6, 6.07) is 8.86. The maximum Gasteiger partial charge on any atom is 0.233 e. The van der Waals surface area contributed by atoms with Crippen molar-refractivity contribution in [2.75, 3.05) is 50.0 Å². The highest BCUT2D eigenvalue weighted by Gasteiger charge is 2.17. The number of rotatable bonds is 6. The number of nitrogens with one attached hydrogen (secondary N) is 3. The Labute approximate surface area is 189 Å². The van der Waals surface area contributed by atoms with E-state index in [0.717, 1.165) is 74.6 Å². The third-order valence-corrected chi connectivity index (χ3v) is 6.28. The molecule has 3 aromatic rings. The molecule has 5 rings (SSSR count). The molecule has 0 atom stereocenters. The lowest BCUT2D eigenvalue weighted by molar-refractivity contribution is 0.0342. The predicted octanol–water partition coefficient (Wildman–Crippen LogP) is 2.63. The highest BCUT2D eigenvalue weighted by Crippen LogP contribution is 2.23. The molecule has 164 valence electrons. The zero-order valence-corrected chi connectivity index (χ0v) is 18.9. The number of nitrogens with zero attached hydrogens (tertiary/aromatic N) is 5. The normalized spacial score (nSPS) is 18.4. The fourth-order valence-corrected chi connectivity index (χ4v) is 4.33. The fourth-order valence-electron chi connectivity index (χ4n) is 3.99. The van der Waals surface area contributed by atoms with Gasteiger partial charge >= 0.3 is 0 Å². The van der Waals surface area contributed by atoms with Gasteiger partial charge in [0.25, 0.3) is 0 Å². The van der Waals surface area contributed by atoms with Crippen LogP contribution in [0.15, 0.2) is 34.9 Å². The summed E-state index contributed by atoms with van der Waals surface area (Å²) in [6.45, 7) is 6.57. The molecule has 0 amide bonds. The van der Waals surface area contributed by atoms with Crippen LogP contribution in [0.4, 0.5) is 17.6 Å². The van der Waals surface area contributed by atoms with Crippen molar-refractivity contribution in [3.63, 3.8) is 0 Å². The third kappa shape index (κ3) is 4.98. The first-order valence-electron chi connectivity index (χ1n) is 10.8. The first kappa shape index (κ1) is 20.6. The second-order valence-electron chi connectivity index (χ2n) is 7.98. The smallest absolute Gasteiger partial charge is 0.233 e. The molecule has 31 heavy (non-hydrogen) atoms. The number of piperidine rings is 1. The van der Waals surface area contributed by atoms with E-state index in [4.69, 9.17) is 9.72 Å². The molecule has 2 saturated heterocycles. The molecule has 2 aliphatic rings. The van der Waals surface area contributed by atoms with Gasteiger partial charge in [-0.15, -0.1) is 0 Å². The largest absolute Gasteiger partial charge is 0.379 e. The lowest BCUT2D eigenvalue weighted by Crippen LogP contribution is -2.35. The molecular formula is C21H27BrN8O. The van der Waals surface area contributed by atoms with Crippen molar-refractivity contribution in [2.24, 2.45) is 0 Å². The highest BCUT2D eigenvalue weighted by molar-refractivity contribution is 9.10. The van der Waals surface area contributed by atoms with Gasteiger partial charge in [-0.05, 0) is 59.6 Å². The second-order valence-corrected chi connectivity index (χ2v) is 8.83. The van der Waals surface area contributed by atoms with Crippen molar-refractivity contribution >= 4 is 39.2 Å². The molecular weight excluding hydrogens is 460 g/mol. The molecule has 0 saturated carbocycles. The minimum absolute atomic E-state index is 0.373. The van der Waals surface area contributed by atoms with E-state index in [1.807, 2.05) is 0 Å². The Balaban J connectivity index is 1.33. The molecule has 0 unspecified atom stereocenters. The van der Waals surface area contributed by atoms with E-state index in [1.54, 1.807) is 10.7 Å². The molecule has 0 spiro atoms. The zero-order chi connectivity index (χ0) is 21.0. The van der Waals surface area contributed by atoms with Crippen LogP contribution in [0.5, 0.6) is 0 Å². The predicted molar refractivity (Wildman–Crippen MR) is 124 cm³/mol. The van der Waals surface area contributed by atoms with Gasteiger partial charge < -0.3 is 20.7 Å². The van der Waals surface area contributed by atoms with Gasteiger partial charge in [0.05, 0.1) is 23.9 Å². The van der Waals surface area contributed by atoms with E-state index >= 15 is 0 Å². The van der Waals surface area contributed by atoms with Crippen LogP contribution in [0.1, 0.15) is 18.4 Å². The van der Waals surface area contributed by atoms with E-state index in [1.165, 1.54) is 5.56 Å². The molecule has 0 radical (unpaired) electrons. The Morgan fingerprint density at radius 3 is 2.65 bits per heavy atom. The van der Waals surface area contributed by atoms with E-state index < -0.39 is 0 Å². The van der Waals surface area contributed by atoms with Gasteiger partial charge in [-0.1, -0.05) is 12.1 Å². The van der Waals surface area contributed by atoms with Gasteiger partial charge in [0, 0.05) is 31.4 Å². The zero-order valence-electron chi connectivity index (χ0n) is 17.4. The molecule has 4 heterocycles. The first-order valence-corrected chi connectivity index (χ1v) is 11.6. The molecule has 9 nitrogen and oxygen atoms in total. The Hall–Kier alpha value is -2.27. The van der Waals surface area contributed by atoms with E-state index in [-0.39, 0.29) is 0 Å². The number of ether oxygens (including phenoxy) is 1. The molecule has 1 aromatic carbocycles. The van der Waals surface area contributed by atoms with Gasteiger partial charge in [-0.3, -0.25) is 4.90 Å². The molecule has 3 N–H and O–H groups in total. The lowest BCUT2D eigenvalue weighted by atomic mass is 10.1. The number of aromatic nitrogens is 4. The average molecular weight is 487 g/mol. The van der Waals surface area contributed by atoms with Crippen LogP contribution >= 0.6 is 15.9 Å². The Kier molecular flexibility index (Phi) is 6.30. The minimum Gasteiger partial charge on any atom is -0.379 e. The highest BCUT2D eigenvalue weighted by atomic mass is 79.9. The first-order chi connectivity index (χ1) is 15.2. The summed E-state index contributed by atoms with van der Waals surface area (Å²) in [5, 5.41) is 14.7. The quantitative estimate of drug-likeness (QED) is 0.489. The number of fused-ring (bicyclic) bond motifs is 1. The Morgan fingerprint density at radius 1 is 1.10 bits per heavy atom. The van der Waals surface area contributed by atoms with Crippen molar-refractivity contribution in [1.29, 1.82) is 0 Å². The topological polar surface area (TPSA) is 91.6 Å². The van der Waals surface area contributed by atoms with Crippen molar-refractivity contribution in [3.05, 3.63) is 40.5 Å². The molecule has 0 bridgehead atoms. The summed E-state index contributed by atoms with van der Waals surface area (Å²) >= 11 is 3.55. The van der Waals surface area contributed by atoms with Crippen LogP contribution < -0.4 is 16.0 Å². The number of hydrogen-bond donors (Lipinski definition) is 3. The van der Waals surface area contributed by atoms with Crippen molar-refractivity contribution in [3.8, 4) is 0 Å². The summed E-state index contributed by atoms with van der Waals surface area (Å²) < 4.78 is 8.00. The van der Waals surface area contributed by atoms with E-state index in [0.29, 0.717) is 17.9 Å². The summed E-state index contributed by atoms with van der Waals surface area (Å²) in [5.74, 6) is 1.25. The Bertz CT molecular complexity index is 1010. The van der Waals surface area contributed by atoms with Crippen LogP contribution in [-0.4, -0.2) is 69.9 Å². The summed E-state index contributed by atoms with van der Waals surface area (Å²) in [6.07, 6.45) is 3.86. The summed E-state index contributed by atoms with van der Waals surface area (Å²) in [5.41, 5.74) is 2.98. The molecule has 2 aromatic heterocycles. The number of benzene rings is 1. The van der Waals surface area contributed by atoms with Crippen molar-refractivity contribution < 1.29 is 4.74 Å². The summed E-state index contributed by atoms with van der Waals surface area (Å²) in [7, 11) is 0. The van der Waals surface area contributed by atoms with Crippen LogP contribution in [-0.2, 0) is 11.3 Å². The maximum absolute atomic E-state index is 5.43. The molecule has 2 aliphatic heterocycles. The number of halogens is 1. The summed E-state index contributed by atoms with van der Waals surface area (Å²) in [4.78, 5) is 11.8. The van der Waals surface area contributed by atoms with E-state index in [2.05, 4.69) is 71.1 Å². The van der Waals surface area contributed by atoms with Crippen molar-refractivity contribution in [2.45, 2.75) is 25.4 Å². The minimum atomic E-state index is 0.373. The fraction of sp³-hybridized carbons (Fsp3) is 0.476. The average Bonchev–Trinajstić information content (AvgIpc) is 3.17. The third-order valence-electron chi connectivity index (χ3n) is 5.72. The number of hydrogen-bond acceptors (Lipinski definition) is 8. The van der Waals surface area contributed by atoms with Gasteiger partial charge in [0.15, 0.2) is 5.65 Å². The molecule has 10 heteroatoms.